The van der Waals surface area contributed by atoms with Crippen LogP contribution in [0.15, 0.2) is 48.5 Å². The van der Waals surface area contributed by atoms with Crippen LogP contribution >= 0.6 is 11.3 Å². The maximum Gasteiger partial charge on any atom is 0.573 e. The number of aromatic nitrogens is 1. The maximum atomic E-state index is 12.4. The lowest BCUT2D eigenvalue weighted by atomic mass is 10.1. The number of halogens is 3. The fourth-order valence-corrected chi connectivity index (χ4v) is 4.56. The summed E-state index contributed by atoms with van der Waals surface area (Å²) in [5.41, 5.74) is 1.50. The van der Waals surface area contributed by atoms with E-state index < -0.39 is 12.3 Å². The number of alkyl halides is 3. The summed E-state index contributed by atoms with van der Waals surface area (Å²) in [7, 11) is 0. The maximum absolute atomic E-state index is 12.4. The molecule has 35 heavy (non-hydrogen) atoms. The number of ether oxygens (including phenoxy) is 2. The molecule has 1 aliphatic rings. The Morgan fingerprint density at radius 3 is 2.71 bits per heavy atom. The molecule has 2 aromatic carbocycles. The first-order chi connectivity index (χ1) is 16.7. The smallest absolute Gasteiger partial charge is 0.406 e. The van der Waals surface area contributed by atoms with Crippen molar-refractivity contribution in [1.29, 1.82) is 0 Å². The second-order valence-electron chi connectivity index (χ2n) is 7.98. The fourth-order valence-electron chi connectivity index (χ4n) is 3.65. The van der Waals surface area contributed by atoms with Gasteiger partial charge in [-0.05, 0) is 24.1 Å². The molecule has 2 heterocycles. The molecule has 4 rings (SSSR count). The topological polar surface area (TPSA) is 102 Å². The molecule has 0 bridgehead atoms. The first-order valence-electron chi connectivity index (χ1n) is 10.9. The van der Waals surface area contributed by atoms with Crippen LogP contribution in [-0.4, -0.2) is 48.4 Å². The number of nitrogens with zero attached hydrogens (tertiary/aromatic N) is 1. The highest BCUT2D eigenvalue weighted by Crippen LogP contribution is 2.31. The molecule has 1 fully saturated rings. The van der Waals surface area contributed by atoms with Crippen LogP contribution in [0.25, 0.3) is 10.2 Å². The Balaban J connectivity index is 1.18. The predicted octanol–water partition coefficient (Wildman–Crippen LogP) is 3.59. The average Bonchev–Trinajstić information content (AvgIpc) is 3.41. The van der Waals surface area contributed by atoms with Gasteiger partial charge in [0.15, 0.2) is 5.13 Å². The van der Waals surface area contributed by atoms with E-state index in [1.807, 2.05) is 30.3 Å². The lowest BCUT2D eigenvalue weighted by molar-refractivity contribution is -0.274. The number of hydrogen-bond acceptors (Lipinski definition) is 7. The molecule has 2 amide bonds. The summed E-state index contributed by atoms with van der Waals surface area (Å²) in [5.74, 6) is -1.14. The van der Waals surface area contributed by atoms with Crippen LogP contribution in [0.5, 0.6) is 5.75 Å². The van der Waals surface area contributed by atoms with Crippen LogP contribution in [0, 0.1) is 0 Å². The molecule has 2 atom stereocenters. The van der Waals surface area contributed by atoms with E-state index in [-0.39, 0.29) is 41.9 Å². The minimum atomic E-state index is -4.79. The highest BCUT2D eigenvalue weighted by atomic mass is 32.1. The van der Waals surface area contributed by atoms with Crippen LogP contribution in [0.4, 0.5) is 18.3 Å². The molecular weight excluding hydrogens is 485 g/mol. The zero-order chi connectivity index (χ0) is 24.8. The number of nitrogens with one attached hydrogen (secondary N) is 3. The lowest BCUT2D eigenvalue weighted by Gasteiger charge is -2.12. The van der Waals surface area contributed by atoms with Crippen molar-refractivity contribution in [3.63, 3.8) is 0 Å². The SMILES string of the molecule is O=C(C[C@@H]1C[C@@H](OCc2ccccc2)CN1)NCC(=O)Nc1nc2ccc(OC(F)(F)F)cc2s1. The van der Waals surface area contributed by atoms with E-state index in [4.69, 9.17) is 4.74 Å². The van der Waals surface area contributed by atoms with Gasteiger partial charge in [0.2, 0.25) is 11.8 Å². The average molecular weight is 509 g/mol. The molecule has 3 N–H and O–H groups in total. The summed E-state index contributed by atoms with van der Waals surface area (Å²) in [5, 5.41) is 8.58. The zero-order valence-electron chi connectivity index (χ0n) is 18.4. The van der Waals surface area contributed by atoms with Gasteiger partial charge in [-0.3, -0.25) is 9.59 Å². The van der Waals surface area contributed by atoms with Crippen LogP contribution in [-0.2, 0) is 20.9 Å². The number of amides is 2. The molecule has 1 saturated heterocycles. The van der Waals surface area contributed by atoms with E-state index in [2.05, 4.69) is 25.7 Å². The van der Waals surface area contributed by atoms with Gasteiger partial charge in [0, 0.05) is 25.1 Å². The van der Waals surface area contributed by atoms with Crippen molar-refractivity contribution in [2.45, 2.75) is 38.0 Å². The largest absolute Gasteiger partial charge is 0.573 e. The van der Waals surface area contributed by atoms with Crippen LogP contribution in [0.1, 0.15) is 18.4 Å². The molecule has 0 aliphatic carbocycles. The van der Waals surface area contributed by atoms with Crippen molar-refractivity contribution in [3.05, 3.63) is 54.1 Å². The van der Waals surface area contributed by atoms with E-state index in [0.717, 1.165) is 23.0 Å². The first kappa shape index (κ1) is 24.9. The van der Waals surface area contributed by atoms with E-state index in [0.29, 0.717) is 29.8 Å². The number of hydrogen-bond donors (Lipinski definition) is 3. The molecule has 1 aliphatic heterocycles. The molecule has 0 saturated carbocycles. The highest BCUT2D eigenvalue weighted by molar-refractivity contribution is 7.22. The fraction of sp³-hybridized carbons (Fsp3) is 0.348. The predicted molar refractivity (Wildman–Crippen MR) is 124 cm³/mol. The summed E-state index contributed by atoms with van der Waals surface area (Å²) in [4.78, 5) is 28.6. The Morgan fingerprint density at radius 1 is 1.14 bits per heavy atom. The molecule has 12 heteroatoms. The quantitative estimate of drug-likeness (QED) is 0.409. The van der Waals surface area contributed by atoms with Gasteiger partial charge in [-0.25, -0.2) is 4.98 Å². The van der Waals surface area contributed by atoms with E-state index in [9.17, 15) is 22.8 Å². The number of carbonyl (C=O) groups is 2. The van der Waals surface area contributed by atoms with Crippen molar-refractivity contribution in [2.24, 2.45) is 0 Å². The van der Waals surface area contributed by atoms with Crippen molar-refractivity contribution in [2.75, 3.05) is 18.4 Å². The van der Waals surface area contributed by atoms with Gasteiger partial charge in [0.05, 0.1) is 29.5 Å². The molecule has 0 radical (unpaired) electrons. The van der Waals surface area contributed by atoms with E-state index in [1.165, 1.54) is 12.1 Å². The summed E-state index contributed by atoms with van der Waals surface area (Å²) < 4.78 is 47.3. The van der Waals surface area contributed by atoms with Crippen molar-refractivity contribution < 1.29 is 32.2 Å². The van der Waals surface area contributed by atoms with Gasteiger partial charge < -0.3 is 25.4 Å². The van der Waals surface area contributed by atoms with Gasteiger partial charge in [-0.15, -0.1) is 13.2 Å². The molecule has 1 aromatic heterocycles. The summed E-state index contributed by atoms with van der Waals surface area (Å²) in [6, 6.07) is 13.5. The van der Waals surface area contributed by atoms with Crippen molar-refractivity contribution in [1.82, 2.24) is 15.6 Å². The molecule has 0 unspecified atom stereocenters. The van der Waals surface area contributed by atoms with Crippen molar-refractivity contribution >= 4 is 38.5 Å². The van der Waals surface area contributed by atoms with Gasteiger partial charge in [-0.1, -0.05) is 41.7 Å². The van der Waals surface area contributed by atoms with Gasteiger partial charge >= 0.3 is 6.36 Å². The molecule has 0 spiro atoms. The second kappa shape index (κ2) is 11.0. The third-order valence-electron chi connectivity index (χ3n) is 5.23. The summed E-state index contributed by atoms with van der Waals surface area (Å²) in [6.45, 7) is 0.908. The first-order valence-corrected chi connectivity index (χ1v) is 11.7. The van der Waals surface area contributed by atoms with Crippen LogP contribution in [0.2, 0.25) is 0 Å². The monoisotopic (exact) mass is 508 g/mol. The molecule has 3 aromatic rings. The molecule has 8 nitrogen and oxygen atoms in total. The minimum absolute atomic E-state index is 0.0115. The highest BCUT2D eigenvalue weighted by Gasteiger charge is 2.31. The normalized spacial score (nSPS) is 17.9. The number of rotatable bonds is 9. The Bertz CT molecular complexity index is 1170. The number of benzene rings is 2. The second-order valence-corrected chi connectivity index (χ2v) is 9.02. The summed E-state index contributed by atoms with van der Waals surface area (Å²) >= 11 is 1.00. The minimum Gasteiger partial charge on any atom is -0.406 e. The standard InChI is InChI=1S/C23H23F3N4O4S/c24-23(25,26)34-16-6-7-18-19(10-16)35-22(29-18)30-21(32)12-28-20(31)9-15-8-17(11-27-15)33-13-14-4-2-1-3-5-14/h1-7,10,15,17,27H,8-9,11-13H2,(H,28,31)(H,29,30,32)/t15-,17+/m0/s1. The number of carbonyl (C=O) groups excluding carboxylic acids is 2. The lowest BCUT2D eigenvalue weighted by Crippen LogP contribution is -2.36. The van der Waals surface area contributed by atoms with E-state index >= 15 is 0 Å². The number of thiazole rings is 1. The van der Waals surface area contributed by atoms with Crippen LogP contribution in [0.3, 0.4) is 0 Å². The third-order valence-corrected chi connectivity index (χ3v) is 6.16. The Labute approximate surface area is 202 Å². The Kier molecular flexibility index (Phi) is 7.83. The van der Waals surface area contributed by atoms with Crippen molar-refractivity contribution in [3.8, 4) is 5.75 Å². The van der Waals surface area contributed by atoms with Gasteiger partial charge in [0.25, 0.3) is 0 Å². The molecule has 186 valence electrons. The number of fused-ring (bicyclic) bond motifs is 1. The molecular formula is C23H23F3N4O4S. The summed E-state index contributed by atoms with van der Waals surface area (Å²) in [6.07, 6.45) is -3.88. The van der Waals surface area contributed by atoms with Gasteiger partial charge in [-0.2, -0.15) is 0 Å². The Hall–Kier alpha value is -3.22. The van der Waals surface area contributed by atoms with Crippen LogP contribution < -0.4 is 20.7 Å². The Morgan fingerprint density at radius 2 is 1.94 bits per heavy atom. The number of anilines is 1. The zero-order valence-corrected chi connectivity index (χ0v) is 19.2. The van der Waals surface area contributed by atoms with Gasteiger partial charge in [0.1, 0.15) is 5.75 Å². The van der Waals surface area contributed by atoms with E-state index in [1.54, 1.807) is 0 Å². The third kappa shape index (κ3) is 7.64.